The smallest absolute Gasteiger partial charge is 0.130 e. The van der Waals surface area contributed by atoms with Gasteiger partial charge in [0.2, 0.25) is 0 Å². The minimum absolute atomic E-state index is 0.793. The van der Waals surface area contributed by atoms with Gasteiger partial charge in [0.05, 0.1) is 12.1 Å². The van der Waals surface area contributed by atoms with Crippen molar-refractivity contribution in [1.29, 1.82) is 0 Å². The van der Waals surface area contributed by atoms with Crippen molar-refractivity contribution in [3.8, 4) is 5.75 Å². The van der Waals surface area contributed by atoms with E-state index in [2.05, 4.69) is 18.0 Å². The summed E-state index contributed by atoms with van der Waals surface area (Å²) in [4.78, 5) is 4.31. The summed E-state index contributed by atoms with van der Waals surface area (Å²) in [6.45, 7) is 2.99. The van der Waals surface area contributed by atoms with E-state index in [-0.39, 0.29) is 0 Å². The van der Waals surface area contributed by atoms with Crippen molar-refractivity contribution < 1.29 is 4.74 Å². The number of benzene rings is 1. The van der Waals surface area contributed by atoms with Gasteiger partial charge in [0, 0.05) is 11.6 Å². The van der Waals surface area contributed by atoms with Crippen LogP contribution < -0.4 is 4.74 Å². The summed E-state index contributed by atoms with van der Waals surface area (Å²) in [7, 11) is 0. The molecule has 84 valence electrons. The normalized spacial score (nSPS) is 10.6. The van der Waals surface area contributed by atoms with E-state index in [9.17, 15) is 0 Å². The van der Waals surface area contributed by atoms with Crippen LogP contribution in [0, 0.1) is 0 Å². The standard InChI is InChI=1S/C14H17NO/c1-2-3-6-11-16-14-9-10-15-13-8-5-4-7-12(13)14/h4-5,7-10H,2-3,6,11H2,1H3. The number of nitrogens with zero attached hydrogens (tertiary/aromatic N) is 1. The first-order valence-corrected chi connectivity index (χ1v) is 5.88. The maximum atomic E-state index is 5.78. The van der Waals surface area contributed by atoms with Gasteiger partial charge in [0.1, 0.15) is 5.75 Å². The minimum atomic E-state index is 0.793. The summed E-state index contributed by atoms with van der Waals surface area (Å²) in [6.07, 6.45) is 5.37. The van der Waals surface area contributed by atoms with Crippen LogP contribution in [0.15, 0.2) is 36.5 Å². The first-order valence-electron chi connectivity index (χ1n) is 5.88. The Bertz CT molecular complexity index is 448. The predicted molar refractivity (Wildman–Crippen MR) is 66.8 cm³/mol. The molecule has 0 bridgehead atoms. The van der Waals surface area contributed by atoms with E-state index < -0.39 is 0 Å². The number of hydrogen-bond acceptors (Lipinski definition) is 2. The number of rotatable bonds is 5. The van der Waals surface area contributed by atoms with Crippen LogP contribution in [0.3, 0.4) is 0 Å². The van der Waals surface area contributed by atoms with Gasteiger partial charge in [-0.2, -0.15) is 0 Å². The number of aromatic nitrogens is 1. The molecule has 0 aliphatic carbocycles. The monoisotopic (exact) mass is 215 g/mol. The molecule has 0 unspecified atom stereocenters. The number of ether oxygens (including phenoxy) is 1. The Kier molecular flexibility index (Phi) is 3.76. The Morgan fingerprint density at radius 1 is 1.12 bits per heavy atom. The molecule has 2 heteroatoms. The zero-order chi connectivity index (χ0) is 11.2. The maximum Gasteiger partial charge on any atom is 0.130 e. The first-order chi connectivity index (χ1) is 7.92. The molecule has 1 aromatic carbocycles. The van der Waals surface area contributed by atoms with Crippen molar-refractivity contribution in [1.82, 2.24) is 4.98 Å². The van der Waals surface area contributed by atoms with Gasteiger partial charge in [0.15, 0.2) is 0 Å². The van der Waals surface area contributed by atoms with E-state index in [4.69, 9.17) is 4.74 Å². The number of para-hydroxylation sites is 1. The fourth-order valence-corrected chi connectivity index (χ4v) is 1.73. The number of pyridine rings is 1. The summed E-state index contributed by atoms with van der Waals surface area (Å²) < 4.78 is 5.78. The molecule has 1 aromatic heterocycles. The van der Waals surface area contributed by atoms with Gasteiger partial charge in [-0.05, 0) is 24.6 Å². The molecule has 0 aliphatic rings. The van der Waals surface area contributed by atoms with Gasteiger partial charge >= 0.3 is 0 Å². The van der Waals surface area contributed by atoms with Crippen LogP contribution >= 0.6 is 0 Å². The number of fused-ring (bicyclic) bond motifs is 1. The molecular formula is C14H17NO. The lowest BCUT2D eigenvalue weighted by Gasteiger charge is -2.08. The summed E-state index contributed by atoms with van der Waals surface area (Å²) in [5.41, 5.74) is 0.996. The predicted octanol–water partition coefficient (Wildman–Crippen LogP) is 3.80. The average molecular weight is 215 g/mol. The third-order valence-corrected chi connectivity index (χ3v) is 2.61. The Hall–Kier alpha value is -1.57. The van der Waals surface area contributed by atoms with Crippen molar-refractivity contribution in [3.63, 3.8) is 0 Å². The van der Waals surface area contributed by atoms with Crippen molar-refractivity contribution >= 4 is 10.9 Å². The molecule has 0 radical (unpaired) electrons. The van der Waals surface area contributed by atoms with Crippen molar-refractivity contribution in [2.24, 2.45) is 0 Å². The summed E-state index contributed by atoms with van der Waals surface area (Å²) in [5, 5.41) is 1.10. The SMILES string of the molecule is CCCCCOc1ccnc2ccccc12. The van der Waals surface area contributed by atoms with Crippen LogP contribution in [0.2, 0.25) is 0 Å². The zero-order valence-corrected chi connectivity index (χ0v) is 9.65. The van der Waals surface area contributed by atoms with E-state index in [1.54, 1.807) is 6.20 Å². The molecule has 0 saturated carbocycles. The van der Waals surface area contributed by atoms with Gasteiger partial charge in [0.25, 0.3) is 0 Å². The molecule has 0 spiro atoms. The van der Waals surface area contributed by atoms with Crippen LogP contribution in [-0.2, 0) is 0 Å². The molecular weight excluding hydrogens is 198 g/mol. The molecule has 0 saturated heterocycles. The van der Waals surface area contributed by atoms with Gasteiger partial charge in [-0.25, -0.2) is 0 Å². The van der Waals surface area contributed by atoms with Crippen LogP contribution in [0.4, 0.5) is 0 Å². The van der Waals surface area contributed by atoms with Gasteiger partial charge in [-0.3, -0.25) is 4.98 Å². The maximum absolute atomic E-state index is 5.78. The molecule has 2 aromatic rings. The molecule has 2 rings (SSSR count). The fourth-order valence-electron chi connectivity index (χ4n) is 1.73. The van der Waals surface area contributed by atoms with Gasteiger partial charge < -0.3 is 4.74 Å². The Labute approximate surface area is 96.3 Å². The van der Waals surface area contributed by atoms with Gasteiger partial charge in [-0.1, -0.05) is 31.9 Å². The average Bonchev–Trinajstić information content (AvgIpc) is 2.35. The minimum Gasteiger partial charge on any atom is -0.493 e. The summed E-state index contributed by atoms with van der Waals surface area (Å²) in [6, 6.07) is 10.0. The van der Waals surface area contributed by atoms with Gasteiger partial charge in [-0.15, -0.1) is 0 Å². The van der Waals surface area contributed by atoms with Crippen molar-refractivity contribution in [3.05, 3.63) is 36.5 Å². The van der Waals surface area contributed by atoms with Crippen LogP contribution in [-0.4, -0.2) is 11.6 Å². The third kappa shape index (κ3) is 2.51. The van der Waals surface area contributed by atoms with Crippen molar-refractivity contribution in [2.75, 3.05) is 6.61 Å². The molecule has 0 atom stereocenters. The van der Waals surface area contributed by atoms with Crippen LogP contribution in [0.25, 0.3) is 10.9 Å². The van der Waals surface area contributed by atoms with Crippen molar-refractivity contribution in [2.45, 2.75) is 26.2 Å². The molecule has 0 amide bonds. The molecule has 1 heterocycles. The highest BCUT2D eigenvalue weighted by molar-refractivity contribution is 5.84. The van der Waals surface area contributed by atoms with Crippen LogP contribution in [0.5, 0.6) is 5.75 Å². The second-order valence-corrected chi connectivity index (χ2v) is 3.88. The van der Waals surface area contributed by atoms with E-state index in [0.29, 0.717) is 0 Å². The molecule has 0 fully saturated rings. The third-order valence-electron chi connectivity index (χ3n) is 2.61. The quantitative estimate of drug-likeness (QED) is 0.708. The Balaban J connectivity index is 2.11. The lowest BCUT2D eigenvalue weighted by atomic mass is 10.2. The fraction of sp³-hybridized carbons (Fsp3) is 0.357. The van der Waals surface area contributed by atoms with E-state index >= 15 is 0 Å². The summed E-state index contributed by atoms with van der Waals surface area (Å²) >= 11 is 0. The van der Waals surface area contributed by atoms with Crippen LogP contribution in [0.1, 0.15) is 26.2 Å². The molecule has 2 nitrogen and oxygen atoms in total. The summed E-state index contributed by atoms with van der Waals surface area (Å²) in [5.74, 6) is 0.946. The second-order valence-electron chi connectivity index (χ2n) is 3.88. The highest BCUT2D eigenvalue weighted by atomic mass is 16.5. The Morgan fingerprint density at radius 2 is 2.00 bits per heavy atom. The largest absolute Gasteiger partial charge is 0.493 e. The van der Waals surface area contributed by atoms with E-state index in [1.807, 2.05) is 24.3 Å². The lowest BCUT2D eigenvalue weighted by molar-refractivity contribution is 0.309. The molecule has 0 aliphatic heterocycles. The highest BCUT2D eigenvalue weighted by Crippen LogP contribution is 2.23. The second kappa shape index (κ2) is 5.50. The Morgan fingerprint density at radius 3 is 2.88 bits per heavy atom. The number of unbranched alkanes of at least 4 members (excludes halogenated alkanes) is 2. The zero-order valence-electron chi connectivity index (χ0n) is 9.65. The molecule has 16 heavy (non-hydrogen) atoms. The first kappa shape index (κ1) is 10.9. The van der Waals surface area contributed by atoms with E-state index in [0.717, 1.165) is 29.7 Å². The lowest BCUT2D eigenvalue weighted by Crippen LogP contribution is -1.97. The molecule has 0 N–H and O–H groups in total. The van der Waals surface area contributed by atoms with E-state index in [1.165, 1.54) is 12.8 Å². The topological polar surface area (TPSA) is 22.1 Å². The number of hydrogen-bond donors (Lipinski definition) is 0. The highest BCUT2D eigenvalue weighted by Gasteiger charge is 2.01.